The van der Waals surface area contributed by atoms with Crippen LogP contribution in [0.15, 0.2) is 47.6 Å². The zero-order chi connectivity index (χ0) is 23.8. The van der Waals surface area contributed by atoms with Crippen molar-refractivity contribution < 1.29 is 14.6 Å². The fourth-order valence-electron chi connectivity index (χ4n) is 3.95. The largest absolute Gasteiger partial charge is 0.491 e. The summed E-state index contributed by atoms with van der Waals surface area (Å²) in [6.07, 6.45) is 0.781. The minimum Gasteiger partial charge on any atom is -0.491 e. The Kier molecular flexibility index (Phi) is 8.86. The maximum Gasteiger partial charge on any atom is 0.240 e. The number of aliphatic hydroxyl groups excluding tert-OH is 1. The Balaban J connectivity index is 1.40. The maximum atomic E-state index is 11.4. The molecule has 2 aromatic rings. The number of benzene rings is 2. The lowest BCUT2D eigenvalue weighted by Crippen LogP contribution is -2.39. The van der Waals surface area contributed by atoms with Gasteiger partial charge in [-0.2, -0.15) is 5.10 Å². The Bertz CT molecular complexity index is 959. The number of carbonyl (C=O) groups excluding carboxylic acids is 1. The predicted molar refractivity (Wildman–Crippen MR) is 133 cm³/mol. The summed E-state index contributed by atoms with van der Waals surface area (Å²) in [5.41, 5.74) is 7.90. The van der Waals surface area contributed by atoms with Crippen molar-refractivity contribution in [3.05, 3.63) is 59.2 Å². The molecule has 3 unspecified atom stereocenters. The van der Waals surface area contributed by atoms with Gasteiger partial charge in [0, 0.05) is 37.2 Å². The molecule has 1 aliphatic rings. The number of nitrogens with zero attached hydrogens (tertiary/aromatic N) is 1. The van der Waals surface area contributed by atoms with Crippen LogP contribution in [0, 0.1) is 12.8 Å². The number of hydrogen-bond donors (Lipinski definition) is 4. The van der Waals surface area contributed by atoms with Crippen LogP contribution >= 0.6 is 0 Å². The molecule has 1 heterocycles. The van der Waals surface area contributed by atoms with Crippen LogP contribution in [-0.4, -0.2) is 48.6 Å². The molecule has 0 saturated carbocycles. The van der Waals surface area contributed by atoms with E-state index < -0.39 is 6.10 Å². The highest BCUT2D eigenvalue weighted by molar-refractivity contribution is 6.05. The zero-order valence-electron chi connectivity index (χ0n) is 20.0. The van der Waals surface area contributed by atoms with E-state index in [-0.39, 0.29) is 24.5 Å². The molecule has 0 fully saturated rings. The molecule has 7 heteroatoms. The molecule has 2 aromatic carbocycles. The Morgan fingerprint density at radius 1 is 1.21 bits per heavy atom. The Morgan fingerprint density at radius 3 is 2.67 bits per heavy atom. The van der Waals surface area contributed by atoms with Gasteiger partial charge in [-0.15, -0.1) is 0 Å². The lowest BCUT2D eigenvalue weighted by Gasteiger charge is -2.20. The van der Waals surface area contributed by atoms with Crippen molar-refractivity contribution in [2.45, 2.75) is 52.7 Å². The Labute approximate surface area is 196 Å². The smallest absolute Gasteiger partial charge is 0.240 e. The van der Waals surface area contributed by atoms with E-state index in [9.17, 15) is 9.90 Å². The Hall–Kier alpha value is -2.90. The van der Waals surface area contributed by atoms with E-state index in [1.54, 1.807) is 0 Å². The van der Waals surface area contributed by atoms with Crippen molar-refractivity contribution in [1.82, 2.24) is 10.7 Å². The number of nitrogens with one attached hydrogen (secondary N) is 3. The summed E-state index contributed by atoms with van der Waals surface area (Å²) in [5.74, 6) is 0.922. The first kappa shape index (κ1) is 24.7. The molecule has 0 aliphatic carbocycles. The minimum absolute atomic E-state index is 0.0384. The molecule has 3 rings (SSSR count). The fraction of sp³-hybridized carbons (Fsp3) is 0.462. The zero-order valence-corrected chi connectivity index (χ0v) is 20.0. The molecule has 0 aromatic heterocycles. The molecule has 0 saturated heterocycles. The molecule has 0 spiro atoms. The minimum atomic E-state index is -0.587. The molecule has 7 nitrogen and oxygen atoms in total. The van der Waals surface area contributed by atoms with Gasteiger partial charge >= 0.3 is 0 Å². The van der Waals surface area contributed by atoms with Crippen LogP contribution in [0.2, 0.25) is 0 Å². The first-order chi connectivity index (χ1) is 15.9. The quantitative estimate of drug-likeness (QED) is 0.420. The van der Waals surface area contributed by atoms with Gasteiger partial charge in [-0.3, -0.25) is 4.79 Å². The first-order valence-electron chi connectivity index (χ1n) is 11.7. The number of anilines is 1. The van der Waals surface area contributed by atoms with Gasteiger partial charge in [0.15, 0.2) is 0 Å². The highest BCUT2D eigenvalue weighted by Gasteiger charge is 2.21. The van der Waals surface area contributed by atoms with E-state index in [0.717, 1.165) is 35.7 Å². The van der Waals surface area contributed by atoms with Crippen LogP contribution in [0.1, 0.15) is 43.9 Å². The summed E-state index contributed by atoms with van der Waals surface area (Å²) < 4.78 is 5.87. The first-order valence-corrected chi connectivity index (χ1v) is 11.7. The van der Waals surface area contributed by atoms with Crippen molar-refractivity contribution in [2.75, 3.05) is 25.0 Å². The average Bonchev–Trinajstić information content (AvgIpc) is 2.80. The van der Waals surface area contributed by atoms with E-state index in [2.05, 4.69) is 48.0 Å². The van der Waals surface area contributed by atoms with E-state index in [0.29, 0.717) is 13.0 Å². The molecule has 4 N–H and O–H groups in total. The summed E-state index contributed by atoms with van der Waals surface area (Å²) in [6, 6.07) is 14.3. The molecule has 178 valence electrons. The number of hydrogen-bond acceptors (Lipinski definition) is 6. The van der Waals surface area contributed by atoms with Crippen LogP contribution in [0.3, 0.4) is 0 Å². The van der Waals surface area contributed by atoms with Crippen molar-refractivity contribution in [1.29, 1.82) is 0 Å². The summed E-state index contributed by atoms with van der Waals surface area (Å²) >= 11 is 0. The van der Waals surface area contributed by atoms with Crippen molar-refractivity contribution in [2.24, 2.45) is 11.0 Å². The summed E-state index contributed by atoms with van der Waals surface area (Å²) in [4.78, 5) is 11.4. The fourth-order valence-corrected chi connectivity index (χ4v) is 3.95. The van der Waals surface area contributed by atoms with Gasteiger partial charge < -0.3 is 20.5 Å². The molecule has 1 aliphatic heterocycles. The second kappa shape index (κ2) is 11.8. The second-order valence-electron chi connectivity index (χ2n) is 8.77. The topological polar surface area (TPSA) is 95.0 Å². The van der Waals surface area contributed by atoms with E-state index >= 15 is 0 Å². The lowest BCUT2D eigenvalue weighted by atomic mass is 9.94. The van der Waals surface area contributed by atoms with Gasteiger partial charge in [0.1, 0.15) is 18.5 Å². The highest BCUT2D eigenvalue weighted by atomic mass is 16.5. The van der Waals surface area contributed by atoms with E-state index in [1.807, 2.05) is 43.3 Å². The van der Waals surface area contributed by atoms with Gasteiger partial charge in [0.2, 0.25) is 5.91 Å². The van der Waals surface area contributed by atoms with Crippen LogP contribution in [0.25, 0.3) is 0 Å². The highest BCUT2D eigenvalue weighted by Crippen LogP contribution is 2.22. The monoisotopic (exact) mass is 452 g/mol. The molecule has 0 radical (unpaired) electrons. The molecular formula is C26H36N4O3. The molecule has 1 amide bonds. The summed E-state index contributed by atoms with van der Waals surface area (Å²) in [6.45, 7) is 9.71. The van der Waals surface area contributed by atoms with Crippen molar-refractivity contribution >= 4 is 17.3 Å². The van der Waals surface area contributed by atoms with Crippen LogP contribution in [0.4, 0.5) is 5.69 Å². The van der Waals surface area contributed by atoms with Crippen LogP contribution in [-0.2, 0) is 11.2 Å². The number of hydrazone groups is 1. The number of carbonyl (C=O) groups is 1. The molecule has 0 bridgehead atoms. The lowest BCUT2D eigenvalue weighted by molar-refractivity contribution is -0.121. The third-order valence-electron chi connectivity index (χ3n) is 5.91. The number of rotatable bonds is 11. The van der Waals surface area contributed by atoms with Gasteiger partial charge in [0.05, 0.1) is 5.71 Å². The summed E-state index contributed by atoms with van der Waals surface area (Å²) in [7, 11) is 0. The van der Waals surface area contributed by atoms with Gasteiger partial charge in [-0.05, 0) is 55.2 Å². The van der Waals surface area contributed by atoms with Gasteiger partial charge in [-0.25, -0.2) is 5.43 Å². The van der Waals surface area contributed by atoms with Gasteiger partial charge in [0.25, 0.3) is 0 Å². The number of amides is 1. The second-order valence-corrected chi connectivity index (χ2v) is 8.77. The third-order valence-corrected chi connectivity index (χ3v) is 5.91. The van der Waals surface area contributed by atoms with Crippen LogP contribution < -0.4 is 20.8 Å². The SMILES string of the molecule is CCc1c(C)cccc1OCC(O)CNC(C)CNc1ccc(C2=NNC(=O)CC2C)cc1. The van der Waals surface area contributed by atoms with E-state index in [1.165, 1.54) is 11.1 Å². The van der Waals surface area contributed by atoms with Crippen molar-refractivity contribution in [3.63, 3.8) is 0 Å². The number of aryl methyl sites for hydroxylation is 1. The molecular weight excluding hydrogens is 416 g/mol. The predicted octanol–water partition coefficient (Wildman–Crippen LogP) is 3.25. The third kappa shape index (κ3) is 7.04. The van der Waals surface area contributed by atoms with Gasteiger partial charge in [-0.1, -0.05) is 38.1 Å². The number of ether oxygens (including phenoxy) is 1. The van der Waals surface area contributed by atoms with Crippen LogP contribution in [0.5, 0.6) is 5.75 Å². The average molecular weight is 453 g/mol. The van der Waals surface area contributed by atoms with Crippen molar-refractivity contribution in [3.8, 4) is 5.75 Å². The summed E-state index contributed by atoms with van der Waals surface area (Å²) in [5, 5.41) is 21.3. The molecule has 3 atom stereocenters. The maximum absolute atomic E-state index is 11.4. The van der Waals surface area contributed by atoms with E-state index in [4.69, 9.17) is 4.74 Å². The molecule has 33 heavy (non-hydrogen) atoms. The number of aliphatic hydroxyl groups is 1. The standard InChI is InChI=1S/C26H36N4O3/c1-5-23-17(2)7-6-8-24(23)33-16-22(31)15-27-19(4)14-28-21-11-9-20(10-12-21)26-18(3)13-25(32)29-30-26/h6-12,18-19,22,27-28,31H,5,13-16H2,1-4H3,(H,29,32). The Morgan fingerprint density at radius 2 is 1.97 bits per heavy atom. The normalized spacial score (nSPS) is 17.7.